The molecule has 12 heteroatoms. The number of rotatable bonds is 4. The van der Waals surface area contributed by atoms with E-state index in [2.05, 4.69) is 10.3 Å². The molecule has 3 saturated carbocycles. The number of halogens is 3. The summed E-state index contributed by atoms with van der Waals surface area (Å²) in [5.41, 5.74) is 0.169. The maximum absolute atomic E-state index is 12.6. The van der Waals surface area contributed by atoms with Crippen molar-refractivity contribution < 1.29 is 34.6 Å². The van der Waals surface area contributed by atoms with E-state index >= 15 is 0 Å². The van der Waals surface area contributed by atoms with Gasteiger partial charge in [-0.3, -0.25) is 4.55 Å². The molecule has 2 N–H and O–H groups in total. The second kappa shape index (κ2) is 7.76. The smallest absolute Gasteiger partial charge is 0.316 e. The SMILES string of the molecule is Cc1ccc(S(=O)(=O)O)cc1.O=S(=O)(c1ccc(C(F)(F)F)cn1)C12CC(C3CNC3)(C1)C2. The van der Waals surface area contributed by atoms with Crippen LogP contribution in [-0.2, 0) is 26.1 Å². The molecule has 1 aromatic carbocycles. The Morgan fingerprint density at radius 1 is 1.00 bits per heavy atom. The van der Waals surface area contributed by atoms with E-state index in [-0.39, 0.29) is 15.3 Å². The average Bonchev–Trinajstić information content (AvgIpc) is 2.61. The second-order valence-corrected chi connectivity index (χ2v) is 12.8. The van der Waals surface area contributed by atoms with E-state index in [9.17, 15) is 30.0 Å². The van der Waals surface area contributed by atoms with E-state index in [1.807, 2.05) is 6.92 Å². The Morgan fingerprint density at radius 2 is 1.58 bits per heavy atom. The van der Waals surface area contributed by atoms with Crippen LogP contribution in [0.25, 0.3) is 0 Å². The predicted molar refractivity (Wildman–Crippen MR) is 113 cm³/mol. The minimum atomic E-state index is -4.51. The molecule has 0 spiro atoms. The quantitative estimate of drug-likeness (QED) is 0.615. The van der Waals surface area contributed by atoms with Gasteiger partial charge in [0.1, 0.15) is 0 Å². The number of hydrogen-bond donors (Lipinski definition) is 2. The molecule has 33 heavy (non-hydrogen) atoms. The lowest BCUT2D eigenvalue weighted by Gasteiger charge is -2.73. The molecule has 1 aliphatic heterocycles. The normalized spacial score (nSPS) is 26.8. The van der Waals surface area contributed by atoms with Gasteiger partial charge in [-0.05, 0) is 74.9 Å². The summed E-state index contributed by atoms with van der Waals surface area (Å²) in [5, 5.41) is 2.96. The first-order valence-corrected chi connectivity index (χ1v) is 13.1. The van der Waals surface area contributed by atoms with Gasteiger partial charge in [0.2, 0.25) is 9.84 Å². The van der Waals surface area contributed by atoms with Crippen LogP contribution in [0.5, 0.6) is 0 Å². The highest BCUT2D eigenvalue weighted by molar-refractivity contribution is 7.93. The molecule has 0 amide bonds. The molecule has 2 heterocycles. The van der Waals surface area contributed by atoms with Gasteiger partial charge in [0, 0.05) is 6.20 Å². The van der Waals surface area contributed by atoms with E-state index in [0.717, 1.165) is 30.8 Å². The number of nitrogens with zero attached hydrogens (tertiary/aromatic N) is 1. The van der Waals surface area contributed by atoms with Crippen LogP contribution in [0.15, 0.2) is 52.5 Å². The third kappa shape index (κ3) is 4.17. The van der Waals surface area contributed by atoms with Gasteiger partial charge in [-0.25, -0.2) is 13.4 Å². The van der Waals surface area contributed by atoms with Crippen LogP contribution in [0, 0.1) is 18.3 Å². The number of benzene rings is 1. The Bertz CT molecular complexity index is 1230. The lowest BCUT2D eigenvalue weighted by Crippen LogP contribution is -2.76. The van der Waals surface area contributed by atoms with Crippen LogP contribution in [0.2, 0.25) is 0 Å². The molecular weight excluding hydrogens is 481 g/mol. The summed E-state index contributed by atoms with van der Waals surface area (Å²) in [7, 11) is -7.67. The van der Waals surface area contributed by atoms with Crippen molar-refractivity contribution in [1.82, 2.24) is 10.3 Å². The van der Waals surface area contributed by atoms with Gasteiger partial charge in [0.05, 0.1) is 15.2 Å². The summed E-state index contributed by atoms with van der Waals surface area (Å²) in [5.74, 6) is 0.546. The molecule has 2 bridgehead atoms. The first-order valence-electron chi connectivity index (χ1n) is 10.2. The molecule has 0 unspecified atom stereocenters. The number of aromatic nitrogens is 1. The Kier molecular flexibility index (Phi) is 5.67. The molecule has 4 fully saturated rings. The maximum Gasteiger partial charge on any atom is 0.417 e. The fourth-order valence-corrected chi connectivity index (χ4v) is 7.64. The van der Waals surface area contributed by atoms with E-state index in [1.54, 1.807) is 12.1 Å². The first kappa shape index (κ1) is 24.1. The van der Waals surface area contributed by atoms with Crippen LogP contribution >= 0.6 is 0 Å². The zero-order valence-electron chi connectivity index (χ0n) is 17.6. The van der Waals surface area contributed by atoms with E-state index < -0.39 is 36.4 Å². The average molecular weight is 505 g/mol. The summed E-state index contributed by atoms with van der Waals surface area (Å²) in [4.78, 5) is 3.50. The molecule has 1 aromatic heterocycles. The number of pyridine rings is 1. The van der Waals surface area contributed by atoms with Gasteiger partial charge < -0.3 is 5.32 Å². The van der Waals surface area contributed by atoms with E-state index in [1.165, 1.54) is 12.1 Å². The van der Waals surface area contributed by atoms with Crippen LogP contribution in [0.1, 0.15) is 30.4 Å². The van der Waals surface area contributed by atoms with E-state index in [0.29, 0.717) is 31.4 Å². The largest absolute Gasteiger partial charge is 0.417 e. The van der Waals surface area contributed by atoms with Crippen molar-refractivity contribution in [3.8, 4) is 0 Å². The van der Waals surface area contributed by atoms with Gasteiger partial charge in [-0.15, -0.1) is 0 Å². The summed E-state index contributed by atoms with van der Waals surface area (Å²) in [6.07, 6.45) is -2.04. The number of alkyl halides is 3. The van der Waals surface area contributed by atoms with Crippen molar-refractivity contribution in [2.45, 2.75) is 47.0 Å². The highest BCUT2D eigenvalue weighted by Crippen LogP contribution is 2.75. The van der Waals surface area contributed by atoms with Crippen molar-refractivity contribution in [2.75, 3.05) is 13.1 Å². The molecule has 6 rings (SSSR count). The topological polar surface area (TPSA) is 113 Å². The minimum absolute atomic E-state index is 0.0666. The lowest BCUT2D eigenvalue weighted by atomic mass is 9.38. The van der Waals surface area contributed by atoms with Crippen molar-refractivity contribution in [1.29, 1.82) is 0 Å². The van der Waals surface area contributed by atoms with Crippen molar-refractivity contribution in [3.63, 3.8) is 0 Å². The van der Waals surface area contributed by atoms with Gasteiger partial charge >= 0.3 is 6.18 Å². The summed E-state index contributed by atoms with van der Waals surface area (Å²) in [6, 6.07) is 7.76. The molecule has 1 saturated heterocycles. The highest BCUT2D eigenvalue weighted by Gasteiger charge is 2.76. The first-order chi connectivity index (χ1) is 15.2. The van der Waals surface area contributed by atoms with Crippen molar-refractivity contribution >= 4 is 20.0 Å². The molecule has 2 aromatic rings. The zero-order valence-corrected chi connectivity index (χ0v) is 19.3. The second-order valence-electron chi connectivity index (χ2n) is 9.11. The van der Waals surface area contributed by atoms with Crippen LogP contribution in [0.4, 0.5) is 13.2 Å². The predicted octanol–water partition coefficient (Wildman–Crippen LogP) is 3.26. The summed E-state index contributed by atoms with van der Waals surface area (Å²) in [6.45, 7) is 3.72. The standard InChI is InChI=1S/C14H15F3N2O2S.C7H8O3S/c15-14(16,17)9-1-2-11(19-5-9)22(20,21)13-6-12(7-13,8-13)10-3-18-4-10;1-6-2-4-7(5-3-6)11(8,9)10/h1-2,5,10,18H,3-4,6-8H2;2-5H,1H3,(H,8,9,10). The fraction of sp³-hybridized carbons (Fsp3) is 0.476. The molecule has 0 radical (unpaired) electrons. The Labute approximate surface area is 190 Å². The highest BCUT2D eigenvalue weighted by atomic mass is 32.2. The Balaban J connectivity index is 0.000000200. The number of sulfone groups is 1. The van der Waals surface area contributed by atoms with Gasteiger partial charge in [0.15, 0.2) is 5.03 Å². The molecule has 7 nitrogen and oxygen atoms in total. The van der Waals surface area contributed by atoms with Gasteiger partial charge in [-0.1, -0.05) is 17.7 Å². The van der Waals surface area contributed by atoms with Crippen LogP contribution in [0.3, 0.4) is 0 Å². The molecule has 0 atom stereocenters. The summed E-state index contributed by atoms with van der Waals surface area (Å²) < 4.78 is 91.6. The maximum atomic E-state index is 12.6. The Hall–Kier alpha value is -2.02. The number of nitrogens with one attached hydrogen (secondary N) is 1. The van der Waals surface area contributed by atoms with Gasteiger partial charge in [0.25, 0.3) is 10.1 Å². The monoisotopic (exact) mass is 504 g/mol. The third-order valence-electron chi connectivity index (χ3n) is 6.90. The molecule has 180 valence electrons. The van der Waals surface area contributed by atoms with Crippen LogP contribution < -0.4 is 5.32 Å². The minimum Gasteiger partial charge on any atom is -0.316 e. The van der Waals surface area contributed by atoms with Crippen molar-refractivity contribution in [3.05, 3.63) is 53.7 Å². The number of aryl methyl sites for hydroxylation is 1. The van der Waals surface area contributed by atoms with E-state index in [4.69, 9.17) is 4.55 Å². The third-order valence-corrected chi connectivity index (χ3v) is 10.1. The molecule has 3 aliphatic carbocycles. The van der Waals surface area contributed by atoms with Gasteiger partial charge in [-0.2, -0.15) is 21.6 Å². The summed E-state index contributed by atoms with van der Waals surface area (Å²) >= 11 is 0. The zero-order chi connectivity index (χ0) is 24.3. The van der Waals surface area contributed by atoms with Crippen molar-refractivity contribution in [2.24, 2.45) is 11.3 Å². The number of hydrogen-bond acceptors (Lipinski definition) is 6. The van der Waals surface area contributed by atoms with Crippen LogP contribution in [-0.4, -0.2) is 44.2 Å². The lowest BCUT2D eigenvalue weighted by molar-refractivity contribution is -0.142. The fourth-order valence-electron chi connectivity index (χ4n) is 4.85. The molecule has 4 aliphatic rings. The Morgan fingerprint density at radius 3 is 1.97 bits per heavy atom. The molecular formula is C21H23F3N2O5S2.